The number of rotatable bonds is 8. The molecule has 0 aliphatic heterocycles. The number of halogens is 6. The van der Waals surface area contributed by atoms with Crippen molar-refractivity contribution in [2.75, 3.05) is 0 Å². The van der Waals surface area contributed by atoms with E-state index in [0.717, 1.165) is 24.3 Å². The van der Waals surface area contributed by atoms with Crippen molar-refractivity contribution in [3.05, 3.63) is 98.2 Å². The van der Waals surface area contributed by atoms with Crippen LogP contribution >= 0.6 is 0 Å². The van der Waals surface area contributed by atoms with E-state index in [1.165, 1.54) is 24.3 Å². The molecule has 1 heterocycles. The third-order valence-electron chi connectivity index (χ3n) is 4.74. The zero-order chi connectivity index (χ0) is 24.4. The third-order valence-corrected chi connectivity index (χ3v) is 4.74. The molecule has 0 aliphatic rings. The lowest BCUT2D eigenvalue weighted by atomic mass is 10.1. The Morgan fingerprint density at radius 2 is 1.18 bits per heavy atom. The van der Waals surface area contributed by atoms with Crippen LogP contribution in [0.4, 0.5) is 26.3 Å². The number of aromatic nitrogens is 2. The van der Waals surface area contributed by atoms with Crippen molar-refractivity contribution in [1.82, 2.24) is 9.13 Å². The topological polar surface area (TPSA) is 64.2 Å². The minimum absolute atomic E-state index is 0.0251. The van der Waals surface area contributed by atoms with Gasteiger partial charge in [0.1, 0.15) is 11.6 Å². The fourth-order valence-electron chi connectivity index (χ4n) is 3.36. The van der Waals surface area contributed by atoms with E-state index in [-0.39, 0.29) is 20.3 Å². The molecule has 0 fully saturated rings. The molecule has 33 heavy (non-hydrogen) atoms. The summed E-state index contributed by atoms with van der Waals surface area (Å²) in [5.41, 5.74) is -3.09. The van der Waals surface area contributed by atoms with Gasteiger partial charge in [0.15, 0.2) is 0 Å². The van der Waals surface area contributed by atoms with Crippen LogP contribution in [-0.2, 0) is 25.9 Å². The van der Waals surface area contributed by atoms with Crippen LogP contribution in [0, 0.1) is 11.6 Å². The van der Waals surface area contributed by atoms with Crippen LogP contribution < -0.4 is 11.2 Å². The maximum absolute atomic E-state index is 14.5. The second-order valence-corrected chi connectivity index (χ2v) is 7.62. The Kier molecular flexibility index (Phi) is 6.71. The van der Waals surface area contributed by atoms with Gasteiger partial charge in [-0.1, -0.05) is 24.3 Å². The number of hydrogen-bond donors (Lipinski definition) is 1. The summed E-state index contributed by atoms with van der Waals surface area (Å²) in [6.45, 7) is -2.92. The molecule has 0 saturated carbocycles. The highest BCUT2D eigenvalue weighted by Crippen LogP contribution is 2.25. The van der Waals surface area contributed by atoms with Crippen molar-refractivity contribution in [2.24, 2.45) is 0 Å². The summed E-state index contributed by atoms with van der Waals surface area (Å²) in [5, 5.41) is 9.86. The Labute approximate surface area is 183 Å². The highest BCUT2D eigenvalue weighted by molar-refractivity contribution is 5.19. The van der Waals surface area contributed by atoms with Crippen molar-refractivity contribution in [1.29, 1.82) is 0 Å². The molecule has 3 aromatic rings. The molecule has 0 aliphatic carbocycles. The van der Waals surface area contributed by atoms with Gasteiger partial charge in [-0.05, 0) is 35.4 Å². The Balaban J connectivity index is 1.87. The van der Waals surface area contributed by atoms with Crippen molar-refractivity contribution >= 4 is 0 Å². The largest absolute Gasteiger partial charge is 0.494 e. The summed E-state index contributed by atoms with van der Waals surface area (Å²) in [5.74, 6) is -10.0. The number of aromatic hydroxyl groups is 1. The van der Waals surface area contributed by atoms with E-state index in [1.54, 1.807) is 0 Å². The monoisotopic (exact) mass is 472 g/mol. The van der Waals surface area contributed by atoms with Crippen LogP contribution in [0.15, 0.2) is 64.2 Å². The van der Waals surface area contributed by atoms with E-state index in [1.807, 2.05) is 0 Å². The van der Waals surface area contributed by atoms with E-state index >= 15 is 0 Å². The Morgan fingerprint density at radius 3 is 1.64 bits per heavy atom. The van der Waals surface area contributed by atoms with E-state index in [4.69, 9.17) is 0 Å². The van der Waals surface area contributed by atoms with Crippen LogP contribution in [-0.4, -0.2) is 26.1 Å². The van der Waals surface area contributed by atoms with E-state index < -0.39 is 66.5 Å². The number of alkyl halides is 4. The molecule has 0 radical (unpaired) electrons. The summed E-state index contributed by atoms with van der Waals surface area (Å²) >= 11 is 0. The summed E-state index contributed by atoms with van der Waals surface area (Å²) in [4.78, 5) is 24.6. The average molecular weight is 472 g/mol. The smallest absolute Gasteiger partial charge is 0.334 e. The number of hydrogen-bond acceptors (Lipinski definition) is 3. The van der Waals surface area contributed by atoms with Crippen LogP contribution in [0.5, 0.6) is 5.88 Å². The first-order valence-corrected chi connectivity index (χ1v) is 9.63. The van der Waals surface area contributed by atoms with Crippen molar-refractivity contribution in [3.8, 4) is 5.88 Å². The molecule has 2 aromatic carbocycles. The van der Waals surface area contributed by atoms with Crippen molar-refractivity contribution in [3.63, 3.8) is 0 Å². The first kappa shape index (κ1) is 24.1. The molecule has 0 spiro atoms. The first-order chi connectivity index (χ1) is 15.3. The molecule has 1 N–H and O–H groups in total. The second kappa shape index (κ2) is 9.16. The minimum Gasteiger partial charge on any atom is -0.494 e. The number of nitrogens with zero attached hydrogens (tertiary/aromatic N) is 2. The molecule has 0 saturated heterocycles. The molecule has 0 unspecified atom stereocenters. The highest BCUT2D eigenvalue weighted by Gasteiger charge is 2.35. The average Bonchev–Trinajstić information content (AvgIpc) is 2.68. The van der Waals surface area contributed by atoms with Gasteiger partial charge in [0, 0.05) is 12.8 Å². The van der Waals surface area contributed by atoms with E-state index in [9.17, 15) is 41.0 Å². The van der Waals surface area contributed by atoms with Crippen molar-refractivity contribution < 1.29 is 31.4 Å². The zero-order valence-electron chi connectivity index (χ0n) is 17.0. The van der Waals surface area contributed by atoms with Gasteiger partial charge in [-0.25, -0.2) is 31.1 Å². The second-order valence-electron chi connectivity index (χ2n) is 7.62. The van der Waals surface area contributed by atoms with Crippen LogP contribution in [0.2, 0.25) is 0 Å². The lowest BCUT2D eigenvalue weighted by molar-refractivity contribution is -0.0247. The zero-order valence-corrected chi connectivity index (χ0v) is 17.0. The van der Waals surface area contributed by atoms with Gasteiger partial charge in [-0.15, -0.1) is 0 Å². The maximum atomic E-state index is 14.5. The van der Waals surface area contributed by atoms with Crippen LogP contribution in [0.1, 0.15) is 11.1 Å². The molecule has 3 rings (SSSR count). The SMILES string of the molecule is O=c1cc(O)n(CC(F)(F)Cc2cccc(F)c2)c(=O)n1CC(F)(F)Cc1cccc(F)c1. The Bertz CT molecular complexity index is 1270. The standard InChI is InChI=1S/C22H18F6N2O3/c23-16-5-1-3-14(7-16)10-21(25,26)12-29-18(31)9-19(32)30(20(29)33)13-22(27,28)11-15-4-2-6-17(24)8-15/h1-9,31H,10-13H2. The predicted octanol–water partition coefficient (Wildman–Crippen LogP) is 3.75. The van der Waals surface area contributed by atoms with Gasteiger partial charge < -0.3 is 5.11 Å². The Hall–Kier alpha value is -3.50. The number of benzene rings is 2. The molecule has 1 aromatic heterocycles. The molecular formula is C22H18F6N2O3. The van der Waals surface area contributed by atoms with Gasteiger partial charge in [-0.3, -0.25) is 13.9 Å². The van der Waals surface area contributed by atoms with E-state index in [0.29, 0.717) is 6.07 Å². The first-order valence-electron chi connectivity index (χ1n) is 9.63. The summed E-state index contributed by atoms with van der Waals surface area (Å²) in [7, 11) is 0. The molecule has 0 atom stereocenters. The molecule has 0 bridgehead atoms. The summed E-state index contributed by atoms with van der Waals surface area (Å²) in [6.07, 6.45) is -2.03. The van der Waals surface area contributed by atoms with Crippen LogP contribution in [0.25, 0.3) is 0 Å². The fraction of sp³-hybridized carbons (Fsp3) is 0.273. The summed E-state index contributed by atoms with van der Waals surface area (Å²) in [6, 6.07) is 9.08. The molecule has 0 amide bonds. The van der Waals surface area contributed by atoms with E-state index in [2.05, 4.69) is 0 Å². The summed E-state index contributed by atoms with van der Waals surface area (Å²) < 4.78 is 84.7. The molecule has 5 nitrogen and oxygen atoms in total. The van der Waals surface area contributed by atoms with Gasteiger partial charge in [0.05, 0.1) is 19.2 Å². The van der Waals surface area contributed by atoms with Gasteiger partial charge >= 0.3 is 5.69 Å². The van der Waals surface area contributed by atoms with Gasteiger partial charge in [0.25, 0.3) is 17.4 Å². The van der Waals surface area contributed by atoms with Crippen LogP contribution in [0.3, 0.4) is 0 Å². The fourth-order valence-corrected chi connectivity index (χ4v) is 3.36. The maximum Gasteiger partial charge on any atom is 0.334 e. The quantitative estimate of drug-likeness (QED) is 0.508. The lowest BCUT2D eigenvalue weighted by Gasteiger charge is -2.21. The Morgan fingerprint density at radius 1 is 0.727 bits per heavy atom. The molecule has 11 heteroatoms. The van der Waals surface area contributed by atoms with Gasteiger partial charge in [0.2, 0.25) is 5.88 Å². The minimum atomic E-state index is -3.71. The third kappa shape index (κ3) is 6.27. The van der Waals surface area contributed by atoms with Gasteiger partial charge in [-0.2, -0.15) is 0 Å². The highest BCUT2D eigenvalue weighted by atomic mass is 19.3. The normalized spacial score (nSPS) is 12.2. The lowest BCUT2D eigenvalue weighted by Crippen LogP contribution is -2.46. The van der Waals surface area contributed by atoms with Crippen molar-refractivity contribution in [2.45, 2.75) is 37.8 Å². The predicted molar refractivity (Wildman–Crippen MR) is 107 cm³/mol. The molecule has 176 valence electrons. The molecular weight excluding hydrogens is 454 g/mol.